The van der Waals surface area contributed by atoms with E-state index in [1.807, 2.05) is 0 Å². The molecule has 1 amide bonds. The molecule has 0 saturated heterocycles. The van der Waals surface area contributed by atoms with Crippen molar-refractivity contribution in [3.63, 3.8) is 0 Å². The van der Waals surface area contributed by atoms with E-state index in [-0.39, 0.29) is 6.42 Å². The maximum atomic E-state index is 12.0. The molecule has 2 aromatic rings. The summed E-state index contributed by atoms with van der Waals surface area (Å²) in [6.07, 6.45) is -0.940. The number of rotatable bonds is 5. The van der Waals surface area contributed by atoms with Crippen molar-refractivity contribution in [3.05, 3.63) is 64.1 Å². The fourth-order valence-corrected chi connectivity index (χ4v) is 2.27. The molecule has 0 saturated carbocycles. The quantitative estimate of drug-likeness (QED) is 0.824. The monoisotopic (exact) mass is 351 g/mol. The highest BCUT2D eigenvalue weighted by Crippen LogP contribution is 2.21. The first-order valence-electron chi connectivity index (χ1n) is 6.95. The van der Waals surface area contributed by atoms with Gasteiger partial charge in [0, 0.05) is 5.02 Å². The van der Waals surface area contributed by atoms with Crippen LogP contribution in [0.25, 0.3) is 0 Å². The molecule has 2 aromatic carbocycles. The van der Waals surface area contributed by atoms with Crippen molar-refractivity contribution in [3.8, 4) is 0 Å². The number of carbonyl (C=O) groups is 2. The number of para-hydroxylation sites is 1. The molecule has 0 spiro atoms. The Bertz CT molecular complexity index is 718. The number of halogens is 2. The third-order valence-corrected chi connectivity index (χ3v) is 3.80. The average Bonchev–Trinajstić information content (AvgIpc) is 2.51. The van der Waals surface area contributed by atoms with E-state index in [1.54, 1.807) is 48.5 Å². The van der Waals surface area contributed by atoms with Crippen LogP contribution in [0.15, 0.2) is 48.5 Å². The summed E-state index contributed by atoms with van der Waals surface area (Å²) >= 11 is 12.0. The zero-order valence-corrected chi connectivity index (χ0v) is 13.9. The van der Waals surface area contributed by atoms with Gasteiger partial charge in [0.1, 0.15) is 0 Å². The van der Waals surface area contributed by atoms with E-state index in [0.29, 0.717) is 21.3 Å². The number of anilines is 1. The third kappa shape index (κ3) is 4.98. The van der Waals surface area contributed by atoms with E-state index < -0.39 is 18.0 Å². The normalized spacial score (nSPS) is 11.6. The maximum Gasteiger partial charge on any atom is 0.311 e. The topological polar surface area (TPSA) is 55.4 Å². The van der Waals surface area contributed by atoms with Gasteiger partial charge in [-0.25, -0.2) is 0 Å². The van der Waals surface area contributed by atoms with E-state index in [4.69, 9.17) is 27.9 Å². The predicted octanol–water partition coefficient (Wildman–Crippen LogP) is 4.11. The van der Waals surface area contributed by atoms with Gasteiger partial charge in [0.05, 0.1) is 17.1 Å². The Morgan fingerprint density at radius 3 is 2.30 bits per heavy atom. The number of benzene rings is 2. The lowest BCUT2D eigenvalue weighted by Gasteiger charge is -2.14. The molecule has 0 heterocycles. The van der Waals surface area contributed by atoms with Gasteiger partial charge in [0.25, 0.3) is 5.91 Å². The van der Waals surface area contributed by atoms with Crippen molar-refractivity contribution >= 4 is 40.8 Å². The summed E-state index contributed by atoms with van der Waals surface area (Å²) in [4.78, 5) is 24.0. The molecule has 6 heteroatoms. The summed E-state index contributed by atoms with van der Waals surface area (Å²) < 4.78 is 5.13. The van der Waals surface area contributed by atoms with Crippen molar-refractivity contribution in [2.24, 2.45) is 0 Å². The summed E-state index contributed by atoms with van der Waals surface area (Å²) in [6, 6.07) is 13.8. The second-order valence-corrected chi connectivity index (χ2v) is 5.68. The van der Waals surface area contributed by atoms with Crippen LogP contribution in [0, 0.1) is 0 Å². The summed E-state index contributed by atoms with van der Waals surface area (Å²) in [5, 5.41) is 3.51. The van der Waals surface area contributed by atoms with Gasteiger partial charge in [-0.1, -0.05) is 53.5 Å². The molecule has 0 radical (unpaired) electrons. The molecule has 4 nitrogen and oxygen atoms in total. The Hall–Kier alpha value is -2.04. The molecule has 0 unspecified atom stereocenters. The smallest absolute Gasteiger partial charge is 0.311 e. The van der Waals surface area contributed by atoms with Crippen LogP contribution >= 0.6 is 23.2 Å². The molecule has 0 aliphatic rings. The molecule has 1 N–H and O–H groups in total. The van der Waals surface area contributed by atoms with Crippen LogP contribution in [0.5, 0.6) is 0 Å². The number of hydrogen-bond acceptors (Lipinski definition) is 3. The predicted molar refractivity (Wildman–Crippen MR) is 90.8 cm³/mol. The van der Waals surface area contributed by atoms with Crippen molar-refractivity contribution < 1.29 is 14.3 Å². The molecule has 120 valence electrons. The van der Waals surface area contributed by atoms with Crippen molar-refractivity contribution in [1.29, 1.82) is 0 Å². The first-order chi connectivity index (χ1) is 11.0. The van der Waals surface area contributed by atoms with Crippen LogP contribution in [-0.2, 0) is 20.7 Å². The van der Waals surface area contributed by atoms with E-state index in [9.17, 15) is 9.59 Å². The second-order valence-electron chi connectivity index (χ2n) is 4.87. The molecule has 2 rings (SSSR count). The van der Waals surface area contributed by atoms with Crippen LogP contribution in [0.4, 0.5) is 5.69 Å². The Balaban J connectivity index is 1.92. The molecule has 0 aliphatic carbocycles. The number of esters is 1. The fraction of sp³-hybridized carbons (Fsp3) is 0.176. The van der Waals surface area contributed by atoms with Gasteiger partial charge in [-0.2, -0.15) is 0 Å². The van der Waals surface area contributed by atoms with Gasteiger partial charge < -0.3 is 10.1 Å². The van der Waals surface area contributed by atoms with Gasteiger partial charge in [-0.3, -0.25) is 9.59 Å². The number of carbonyl (C=O) groups excluding carboxylic acids is 2. The molecular weight excluding hydrogens is 337 g/mol. The highest BCUT2D eigenvalue weighted by Gasteiger charge is 2.19. The maximum absolute atomic E-state index is 12.0. The zero-order chi connectivity index (χ0) is 16.8. The first-order valence-corrected chi connectivity index (χ1v) is 7.71. The largest absolute Gasteiger partial charge is 0.452 e. The number of hydrogen-bond donors (Lipinski definition) is 1. The van der Waals surface area contributed by atoms with Crippen molar-refractivity contribution in [2.45, 2.75) is 19.4 Å². The minimum Gasteiger partial charge on any atom is -0.452 e. The summed E-state index contributed by atoms with van der Waals surface area (Å²) in [7, 11) is 0. The minimum absolute atomic E-state index is 0.00336. The molecule has 0 fully saturated rings. The highest BCUT2D eigenvalue weighted by atomic mass is 35.5. The molecule has 0 aromatic heterocycles. The minimum atomic E-state index is -0.943. The summed E-state index contributed by atoms with van der Waals surface area (Å²) in [5.74, 6) is -0.981. The Morgan fingerprint density at radius 1 is 1.04 bits per heavy atom. The van der Waals surface area contributed by atoms with Crippen molar-refractivity contribution in [1.82, 2.24) is 0 Å². The van der Waals surface area contributed by atoms with E-state index >= 15 is 0 Å². The number of amides is 1. The van der Waals surface area contributed by atoms with Crippen LogP contribution in [0.1, 0.15) is 12.5 Å². The SMILES string of the molecule is C[C@H](OC(=O)Cc1ccccc1Cl)C(=O)Nc1ccccc1Cl. The lowest BCUT2D eigenvalue weighted by atomic mass is 10.1. The van der Waals surface area contributed by atoms with Gasteiger partial charge in [-0.15, -0.1) is 0 Å². The van der Waals surface area contributed by atoms with E-state index in [2.05, 4.69) is 5.32 Å². The van der Waals surface area contributed by atoms with Crippen molar-refractivity contribution in [2.75, 3.05) is 5.32 Å². The number of ether oxygens (including phenoxy) is 1. The van der Waals surface area contributed by atoms with Crippen LogP contribution < -0.4 is 5.32 Å². The third-order valence-electron chi connectivity index (χ3n) is 3.10. The lowest BCUT2D eigenvalue weighted by molar-refractivity contribution is -0.152. The molecular formula is C17H15Cl2NO3. The highest BCUT2D eigenvalue weighted by molar-refractivity contribution is 6.33. The Kier molecular flexibility index (Phi) is 6.02. The number of nitrogens with one attached hydrogen (secondary N) is 1. The van der Waals surface area contributed by atoms with Crippen LogP contribution in [0.3, 0.4) is 0 Å². The Morgan fingerprint density at radius 2 is 1.65 bits per heavy atom. The van der Waals surface area contributed by atoms with Gasteiger partial charge in [0.2, 0.25) is 0 Å². The van der Waals surface area contributed by atoms with Gasteiger partial charge >= 0.3 is 5.97 Å². The summed E-state index contributed by atoms with van der Waals surface area (Å²) in [5.41, 5.74) is 1.12. The molecule has 1 atom stereocenters. The van der Waals surface area contributed by atoms with Crippen LogP contribution in [-0.4, -0.2) is 18.0 Å². The van der Waals surface area contributed by atoms with Gasteiger partial charge in [0.15, 0.2) is 6.10 Å². The Labute approximate surface area is 144 Å². The standard InChI is InChI=1S/C17H15Cl2NO3/c1-11(17(22)20-15-9-5-4-8-14(15)19)23-16(21)10-12-6-2-3-7-13(12)18/h2-9,11H,10H2,1H3,(H,20,22)/t11-/m0/s1. The molecule has 0 bridgehead atoms. The van der Waals surface area contributed by atoms with E-state index in [1.165, 1.54) is 6.92 Å². The summed E-state index contributed by atoms with van der Waals surface area (Å²) in [6.45, 7) is 1.50. The van der Waals surface area contributed by atoms with E-state index in [0.717, 1.165) is 0 Å². The average molecular weight is 352 g/mol. The molecule has 23 heavy (non-hydrogen) atoms. The van der Waals surface area contributed by atoms with Crippen LogP contribution in [0.2, 0.25) is 10.0 Å². The second kappa shape index (κ2) is 7.99. The first kappa shape index (κ1) is 17.3. The zero-order valence-electron chi connectivity index (χ0n) is 12.4. The lowest BCUT2D eigenvalue weighted by Crippen LogP contribution is -2.30. The van der Waals surface area contributed by atoms with Gasteiger partial charge in [-0.05, 0) is 30.7 Å². The fourth-order valence-electron chi connectivity index (χ4n) is 1.89. The molecule has 0 aliphatic heterocycles.